The Bertz CT molecular complexity index is 912. The van der Waals surface area contributed by atoms with Crippen molar-refractivity contribution in [2.45, 2.75) is 6.54 Å². The third-order valence-corrected chi connectivity index (χ3v) is 3.86. The first-order chi connectivity index (χ1) is 12.6. The molecule has 0 radical (unpaired) electrons. The molecule has 2 aromatic carbocycles. The Morgan fingerprint density at radius 1 is 0.808 bits per heavy atom. The van der Waals surface area contributed by atoms with Crippen LogP contribution in [0, 0.1) is 0 Å². The summed E-state index contributed by atoms with van der Waals surface area (Å²) in [5.41, 5.74) is 1.94. The van der Waals surface area contributed by atoms with Gasteiger partial charge in [0.05, 0.1) is 0 Å². The van der Waals surface area contributed by atoms with Crippen LogP contribution >= 0.6 is 11.6 Å². The maximum absolute atomic E-state index is 12.3. The molecule has 5 nitrogen and oxygen atoms in total. The zero-order chi connectivity index (χ0) is 18.4. The minimum Gasteiger partial charge on any atom is -0.347 e. The van der Waals surface area contributed by atoms with Crippen molar-refractivity contribution in [1.29, 1.82) is 0 Å². The van der Waals surface area contributed by atoms with Gasteiger partial charge in [-0.3, -0.25) is 9.59 Å². The fourth-order valence-electron chi connectivity index (χ4n) is 2.28. The summed E-state index contributed by atoms with van der Waals surface area (Å²) in [6.07, 6.45) is 0. The molecule has 1 heterocycles. The fourth-order valence-corrected chi connectivity index (χ4v) is 2.41. The first-order valence-corrected chi connectivity index (χ1v) is 8.36. The molecule has 0 spiro atoms. The molecular formula is C20H16ClN3O2. The summed E-state index contributed by atoms with van der Waals surface area (Å²) >= 11 is 5.84. The largest absolute Gasteiger partial charge is 0.347 e. The first kappa shape index (κ1) is 17.6. The average Bonchev–Trinajstić information content (AvgIpc) is 2.68. The molecule has 0 fully saturated rings. The van der Waals surface area contributed by atoms with Crippen molar-refractivity contribution in [2.24, 2.45) is 0 Å². The summed E-state index contributed by atoms with van der Waals surface area (Å²) in [6.45, 7) is 0.345. The van der Waals surface area contributed by atoms with E-state index < -0.39 is 0 Å². The Morgan fingerprint density at radius 2 is 1.46 bits per heavy atom. The quantitative estimate of drug-likeness (QED) is 0.720. The predicted molar refractivity (Wildman–Crippen MR) is 101 cm³/mol. The van der Waals surface area contributed by atoms with E-state index in [0.29, 0.717) is 17.3 Å². The van der Waals surface area contributed by atoms with E-state index in [4.69, 9.17) is 11.6 Å². The van der Waals surface area contributed by atoms with Gasteiger partial charge >= 0.3 is 0 Å². The van der Waals surface area contributed by atoms with Crippen molar-refractivity contribution < 1.29 is 9.59 Å². The molecule has 6 heteroatoms. The van der Waals surface area contributed by atoms with Gasteiger partial charge in [0.1, 0.15) is 11.4 Å². The number of benzene rings is 2. The molecule has 2 amide bonds. The Hall–Kier alpha value is -3.18. The molecule has 0 saturated heterocycles. The highest BCUT2D eigenvalue weighted by molar-refractivity contribution is 6.30. The second-order valence-corrected chi connectivity index (χ2v) is 5.97. The van der Waals surface area contributed by atoms with Crippen LogP contribution in [0.3, 0.4) is 0 Å². The zero-order valence-corrected chi connectivity index (χ0v) is 14.5. The topological polar surface area (TPSA) is 71.1 Å². The lowest BCUT2D eigenvalue weighted by molar-refractivity contribution is 0.0945. The number of carbonyl (C=O) groups is 2. The minimum atomic E-state index is -0.372. The molecular weight excluding hydrogens is 350 g/mol. The van der Waals surface area contributed by atoms with E-state index in [1.807, 2.05) is 30.3 Å². The number of para-hydroxylation sites is 1. The van der Waals surface area contributed by atoms with Gasteiger partial charge in [0.2, 0.25) is 0 Å². The second-order valence-electron chi connectivity index (χ2n) is 5.54. The van der Waals surface area contributed by atoms with E-state index in [0.717, 1.165) is 5.56 Å². The lowest BCUT2D eigenvalue weighted by Crippen LogP contribution is -2.25. The van der Waals surface area contributed by atoms with Crippen LogP contribution in [0.1, 0.15) is 26.5 Å². The molecule has 0 aliphatic rings. The van der Waals surface area contributed by atoms with Crippen LogP contribution in [0.5, 0.6) is 0 Å². The van der Waals surface area contributed by atoms with Gasteiger partial charge in [-0.2, -0.15) is 0 Å². The van der Waals surface area contributed by atoms with Gasteiger partial charge in [0.15, 0.2) is 0 Å². The molecule has 1 aromatic heterocycles. The standard InChI is InChI=1S/C20H16ClN3O2/c21-15-11-9-14(10-12-15)13-22-19(25)17-7-4-8-18(24-17)20(26)23-16-5-2-1-3-6-16/h1-12H,13H2,(H,22,25)(H,23,26). The number of pyridine rings is 1. The Morgan fingerprint density at radius 3 is 2.15 bits per heavy atom. The van der Waals surface area contributed by atoms with Gasteiger partial charge in [0.25, 0.3) is 11.8 Å². The van der Waals surface area contributed by atoms with Crippen LogP contribution in [0.25, 0.3) is 0 Å². The molecule has 2 N–H and O–H groups in total. The fraction of sp³-hybridized carbons (Fsp3) is 0.0500. The lowest BCUT2D eigenvalue weighted by atomic mass is 10.2. The number of rotatable bonds is 5. The van der Waals surface area contributed by atoms with E-state index in [2.05, 4.69) is 15.6 Å². The second kappa shape index (κ2) is 8.27. The van der Waals surface area contributed by atoms with Crippen LogP contribution < -0.4 is 10.6 Å². The number of aromatic nitrogens is 1. The monoisotopic (exact) mass is 365 g/mol. The van der Waals surface area contributed by atoms with Crippen molar-refractivity contribution in [3.63, 3.8) is 0 Å². The summed E-state index contributed by atoms with van der Waals surface area (Å²) in [5.74, 6) is -0.724. The molecule has 0 unspecified atom stereocenters. The van der Waals surface area contributed by atoms with Crippen molar-refractivity contribution in [3.05, 3.63) is 94.8 Å². The maximum Gasteiger partial charge on any atom is 0.274 e. The molecule has 130 valence electrons. The third kappa shape index (κ3) is 4.68. The van der Waals surface area contributed by atoms with E-state index in [1.165, 1.54) is 0 Å². The van der Waals surface area contributed by atoms with Crippen molar-refractivity contribution in [2.75, 3.05) is 5.32 Å². The van der Waals surface area contributed by atoms with E-state index in [1.54, 1.807) is 42.5 Å². The van der Waals surface area contributed by atoms with Gasteiger partial charge in [-0.25, -0.2) is 4.98 Å². The minimum absolute atomic E-state index is 0.174. The smallest absolute Gasteiger partial charge is 0.274 e. The van der Waals surface area contributed by atoms with Crippen molar-refractivity contribution >= 4 is 29.1 Å². The highest BCUT2D eigenvalue weighted by atomic mass is 35.5. The lowest BCUT2D eigenvalue weighted by Gasteiger charge is -2.07. The van der Waals surface area contributed by atoms with Gasteiger partial charge in [-0.1, -0.05) is 48.0 Å². The number of nitrogens with zero attached hydrogens (tertiary/aromatic N) is 1. The van der Waals surface area contributed by atoms with Gasteiger partial charge in [0, 0.05) is 17.3 Å². The average molecular weight is 366 g/mol. The van der Waals surface area contributed by atoms with Crippen LogP contribution in [0.15, 0.2) is 72.8 Å². The summed E-state index contributed by atoms with van der Waals surface area (Å²) < 4.78 is 0. The molecule has 3 aromatic rings. The first-order valence-electron chi connectivity index (χ1n) is 7.98. The van der Waals surface area contributed by atoms with Crippen molar-refractivity contribution in [3.8, 4) is 0 Å². The number of carbonyl (C=O) groups excluding carboxylic acids is 2. The SMILES string of the molecule is O=C(NCc1ccc(Cl)cc1)c1cccc(C(=O)Nc2ccccc2)n1. The Labute approximate surface area is 156 Å². The number of amides is 2. The van der Waals surface area contributed by atoms with E-state index in [9.17, 15) is 9.59 Å². The maximum atomic E-state index is 12.3. The van der Waals surface area contributed by atoms with E-state index >= 15 is 0 Å². The van der Waals surface area contributed by atoms with Crippen LogP contribution in [-0.2, 0) is 6.54 Å². The Balaban J connectivity index is 1.65. The molecule has 0 saturated carbocycles. The van der Waals surface area contributed by atoms with Gasteiger partial charge < -0.3 is 10.6 Å². The van der Waals surface area contributed by atoms with Gasteiger partial charge in [-0.05, 0) is 42.0 Å². The summed E-state index contributed by atoms with van der Waals surface area (Å²) in [6, 6.07) is 21.0. The molecule has 3 rings (SSSR count). The molecule has 0 aliphatic heterocycles. The van der Waals surface area contributed by atoms with Crippen LogP contribution in [0.4, 0.5) is 5.69 Å². The highest BCUT2D eigenvalue weighted by Gasteiger charge is 2.12. The zero-order valence-electron chi connectivity index (χ0n) is 13.8. The van der Waals surface area contributed by atoms with Gasteiger partial charge in [-0.15, -0.1) is 0 Å². The number of hydrogen-bond acceptors (Lipinski definition) is 3. The summed E-state index contributed by atoms with van der Waals surface area (Å²) in [7, 11) is 0. The number of halogens is 1. The number of anilines is 1. The summed E-state index contributed by atoms with van der Waals surface area (Å²) in [5, 5.41) is 6.15. The normalized spacial score (nSPS) is 10.2. The predicted octanol–water partition coefficient (Wildman–Crippen LogP) is 3.92. The summed E-state index contributed by atoms with van der Waals surface area (Å²) in [4.78, 5) is 28.7. The third-order valence-electron chi connectivity index (χ3n) is 3.61. The van der Waals surface area contributed by atoms with Crippen LogP contribution in [-0.4, -0.2) is 16.8 Å². The molecule has 0 bridgehead atoms. The van der Waals surface area contributed by atoms with E-state index in [-0.39, 0.29) is 23.2 Å². The molecule has 26 heavy (non-hydrogen) atoms. The van der Waals surface area contributed by atoms with Crippen LogP contribution in [0.2, 0.25) is 5.02 Å². The van der Waals surface area contributed by atoms with Crippen molar-refractivity contribution in [1.82, 2.24) is 10.3 Å². The molecule has 0 atom stereocenters. The number of hydrogen-bond donors (Lipinski definition) is 2. The highest BCUT2D eigenvalue weighted by Crippen LogP contribution is 2.10. The molecule has 0 aliphatic carbocycles. The Kier molecular flexibility index (Phi) is 5.61. The number of nitrogens with one attached hydrogen (secondary N) is 2.